The molecule has 0 saturated heterocycles. The van der Waals surface area contributed by atoms with Gasteiger partial charge in [-0.15, -0.1) is 0 Å². The normalized spacial score (nSPS) is 11.6. The summed E-state index contributed by atoms with van der Waals surface area (Å²) >= 11 is 0. The van der Waals surface area contributed by atoms with Gasteiger partial charge in [-0.05, 0) is 37.1 Å². The van der Waals surface area contributed by atoms with Gasteiger partial charge >= 0.3 is 0 Å². The van der Waals surface area contributed by atoms with E-state index in [0.717, 1.165) is 38.0 Å². The highest BCUT2D eigenvalue weighted by atomic mass is 32.2. The Bertz CT molecular complexity index is 500. The predicted octanol–water partition coefficient (Wildman–Crippen LogP) is 1.94. The summed E-state index contributed by atoms with van der Waals surface area (Å²) in [4.78, 5) is 2.50. The predicted molar refractivity (Wildman–Crippen MR) is 88.1 cm³/mol. The molecule has 0 aromatic heterocycles. The maximum absolute atomic E-state index is 12.0. The zero-order valence-electron chi connectivity index (χ0n) is 13.0. The Morgan fingerprint density at radius 2 is 1.76 bits per heavy atom. The number of benzene rings is 1. The van der Waals surface area contributed by atoms with E-state index < -0.39 is 10.0 Å². The van der Waals surface area contributed by atoms with Gasteiger partial charge in [-0.2, -0.15) is 0 Å². The van der Waals surface area contributed by atoms with E-state index in [4.69, 9.17) is 5.73 Å². The fraction of sp³-hybridized carbons (Fsp3) is 0.600. The first kappa shape index (κ1) is 17.9. The van der Waals surface area contributed by atoms with E-state index in [2.05, 4.69) is 16.5 Å². The summed E-state index contributed by atoms with van der Waals surface area (Å²) in [6, 6.07) is 7.02. The fourth-order valence-corrected chi connectivity index (χ4v) is 3.16. The highest BCUT2D eigenvalue weighted by molar-refractivity contribution is 7.89. The molecule has 5 nitrogen and oxygen atoms in total. The Labute approximate surface area is 128 Å². The van der Waals surface area contributed by atoms with Gasteiger partial charge in [0.05, 0.1) is 4.90 Å². The molecule has 0 atom stereocenters. The van der Waals surface area contributed by atoms with Crippen LogP contribution in [0.5, 0.6) is 0 Å². The number of nitrogens with zero attached hydrogens (tertiary/aromatic N) is 1. The number of nitrogens with one attached hydrogen (secondary N) is 1. The smallest absolute Gasteiger partial charge is 0.240 e. The third-order valence-electron chi connectivity index (χ3n) is 3.23. The van der Waals surface area contributed by atoms with Crippen molar-refractivity contribution < 1.29 is 8.42 Å². The SMILES string of the molecule is CCCCN(CCN)c1ccc(S(=O)(=O)NCCC)cc1. The van der Waals surface area contributed by atoms with Crippen LogP contribution in [0.4, 0.5) is 5.69 Å². The molecule has 1 rings (SSSR count). The minimum Gasteiger partial charge on any atom is -0.370 e. The molecule has 0 aliphatic heterocycles. The Kier molecular flexibility index (Phi) is 7.71. The fourth-order valence-electron chi connectivity index (χ4n) is 2.03. The molecule has 1 aromatic carbocycles. The van der Waals surface area contributed by atoms with Crippen LogP contribution in [0.25, 0.3) is 0 Å². The molecule has 0 bridgehead atoms. The molecule has 0 fully saturated rings. The summed E-state index contributed by atoms with van der Waals surface area (Å²) in [5.41, 5.74) is 6.66. The van der Waals surface area contributed by atoms with Gasteiger partial charge in [0.15, 0.2) is 0 Å². The zero-order valence-corrected chi connectivity index (χ0v) is 13.8. The van der Waals surface area contributed by atoms with Crippen LogP contribution in [0.1, 0.15) is 33.1 Å². The average molecular weight is 313 g/mol. The van der Waals surface area contributed by atoms with Crippen molar-refractivity contribution in [1.82, 2.24) is 4.72 Å². The van der Waals surface area contributed by atoms with E-state index in [1.165, 1.54) is 0 Å². The Morgan fingerprint density at radius 1 is 1.10 bits per heavy atom. The van der Waals surface area contributed by atoms with E-state index in [-0.39, 0.29) is 0 Å². The first-order chi connectivity index (χ1) is 10.0. The van der Waals surface area contributed by atoms with E-state index in [1.54, 1.807) is 12.1 Å². The molecule has 6 heteroatoms. The van der Waals surface area contributed by atoms with Crippen molar-refractivity contribution in [3.63, 3.8) is 0 Å². The van der Waals surface area contributed by atoms with Gasteiger partial charge in [-0.1, -0.05) is 20.3 Å². The summed E-state index contributed by atoms with van der Waals surface area (Å²) in [5.74, 6) is 0. The maximum Gasteiger partial charge on any atom is 0.240 e. The average Bonchev–Trinajstić information content (AvgIpc) is 2.49. The molecule has 1 aromatic rings. The third kappa shape index (κ3) is 5.65. The molecule has 0 saturated carbocycles. The highest BCUT2D eigenvalue weighted by Gasteiger charge is 2.13. The number of anilines is 1. The molecular weight excluding hydrogens is 286 g/mol. The van der Waals surface area contributed by atoms with Crippen LogP contribution >= 0.6 is 0 Å². The lowest BCUT2D eigenvalue weighted by molar-refractivity contribution is 0.581. The van der Waals surface area contributed by atoms with Crippen LogP contribution < -0.4 is 15.4 Å². The molecule has 3 N–H and O–H groups in total. The molecule has 0 aliphatic rings. The monoisotopic (exact) mass is 313 g/mol. The minimum atomic E-state index is -3.39. The Balaban J connectivity index is 2.84. The number of hydrogen-bond acceptors (Lipinski definition) is 4. The number of hydrogen-bond donors (Lipinski definition) is 2. The van der Waals surface area contributed by atoms with Gasteiger partial charge in [0.1, 0.15) is 0 Å². The molecule has 120 valence electrons. The quantitative estimate of drug-likeness (QED) is 0.692. The highest BCUT2D eigenvalue weighted by Crippen LogP contribution is 2.18. The van der Waals surface area contributed by atoms with Crippen molar-refractivity contribution in [3.8, 4) is 0 Å². The van der Waals surface area contributed by atoms with Crippen molar-refractivity contribution in [3.05, 3.63) is 24.3 Å². The minimum absolute atomic E-state index is 0.308. The van der Waals surface area contributed by atoms with E-state index >= 15 is 0 Å². The van der Waals surface area contributed by atoms with Gasteiger partial charge in [0, 0.05) is 31.9 Å². The van der Waals surface area contributed by atoms with Crippen molar-refractivity contribution in [1.29, 1.82) is 0 Å². The molecule has 0 unspecified atom stereocenters. The van der Waals surface area contributed by atoms with Crippen LogP contribution in [0, 0.1) is 0 Å². The summed E-state index contributed by atoms with van der Waals surface area (Å²) in [6.07, 6.45) is 2.99. The lowest BCUT2D eigenvalue weighted by Crippen LogP contribution is -2.30. The topological polar surface area (TPSA) is 75.4 Å². The molecule has 0 spiro atoms. The second-order valence-corrected chi connectivity index (χ2v) is 6.79. The van der Waals surface area contributed by atoms with Crippen LogP contribution in [-0.2, 0) is 10.0 Å². The number of sulfonamides is 1. The van der Waals surface area contributed by atoms with Crippen LogP contribution in [0.3, 0.4) is 0 Å². The van der Waals surface area contributed by atoms with Crippen molar-refractivity contribution in [2.24, 2.45) is 5.73 Å². The lowest BCUT2D eigenvalue weighted by atomic mass is 10.2. The van der Waals surface area contributed by atoms with Crippen molar-refractivity contribution in [2.75, 3.05) is 31.1 Å². The van der Waals surface area contributed by atoms with E-state index in [0.29, 0.717) is 18.0 Å². The van der Waals surface area contributed by atoms with E-state index in [9.17, 15) is 8.42 Å². The second kappa shape index (κ2) is 9.02. The summed E-state index contributed by atoms with van der Waals surface area (Å²) in [5, 5.41) is 0. The van der Waals surface area contributed by atoms with Gasteiger partial charge in [-0.3, -0.25) is 0 Å². The number of unbranched alkanes of at least 4 members (excludes halogenated alkanes) is 1. The summed E-state index contributed by atoms with van der Waals surface area (Å²) in [6.45, 7) is 6.84. The van der Waals surface area contributed by atoms with Crippen molar-refractivity contribution >= 4 is 15.7 Å². The molecule has 0 radical (unpaired) electrons. The number of rotatable bonds is 10. The third-order valence-corrected chi connectivity index (χ3v) is 4.71. The molecular formula is C15H27N3O2S. The van der Waals surface area contributed by atoms with Gasteiger partial charge < -0.3 is 10.6 Å². The van der Waals surface area contributed by atoms with Gasteiger partial charge in [-0.25, -0.2) is 13.1 Å². The molecule has 0 heterocycles. The first-order valence-corrected chi connectivity index (χ1v) is 9.08. The Morgan fingerprint density at radius 3 is 2.29 bits per heavy atom. The standard InChI is InChI=1S/C15H27N3O2S/c1-3-5-12-18(13-10-16)14-6-8-15(9-7-14)21(19,20)17-11-4-2/h6-9,17H,3-5,10-13,16H2,1-2H3. The lowest BCUT2D eigenvalue weighted by Gasteiger charge is -2.24. The van der Waals surface area contributed by atoms with E-state index in [1.807, 2.05) is 19.1 Å². The van der Waals surface area contributed by atoms with Crippen LogP contribution in [0.2, 0.25) is 0 Å². The molecule has 0 aliphatic carbocycles. The van der Waals surface area contributed by atoms with Crippen LogP contribution in [0.15, 0.2) is 29.2 Å². The van der Waals surface area contributed by atoms with Crippen LogP contribution in [-0.4, -0.2) is 34.6 Å². The second-order valence-electron chi connectivity index (χ2n) is 5.02. The summed E-state index contributed by atoms with van der Waals surface area (Å²) < 4.78 is 26.6. The molecule has 21 heavy (non-hydrogen) atoms. The molecule has 0 amide bonds. The summed E-state index contributed by atoms with van der Waals surface area (Å²) in [7, 11) is -3.39. The zero-order chi connectivity index (χ0) is 15.7. The Hall–Kier alpha value is -1.11. The largest absolute Gasteiger partial charge is 0.370 e. The van der Waals surface area contributed by atoms with Crippen molar-refractivity contribution in [2.45, 2.75) is 38.0 Å². The van der Waals surface area contributed by atoms with Gasteiger partial charge in [0.2, 0.25) is 10.0 Å². The van der Waals surface area contributed by atoms with Gasteiger partial charge in [0.25, 0.3) is 0 Å². The first-order valence-electron chi connectivity index (χ1n) is 7.60. The number of nitrogens with two attached hydrogens (primary N) is 1. The maximum atomic E-state index is 12.0.